The number of hydrogen-bond acceptors (Lipinski definition) is 3. The van der Waals surface area contributed by atoms with Crippen LogP contribution >= 0.6 is 12.2 Å². The number of thiocarbonyl (C=S) groups is 1. The Hall–Kier alpha value is 0.0300. The maximum atomic E-state index is 11.5. The van der Waals surface area contributed by atoms with Crippen molar-refractivity contribution >= 4 is 29.1 Å². The van der Waals surface area contributed by atoms with Gasteiger partial charge in [-0.05, 0) is 12.8 Å². The summed E-state index contributed by atoms with van der Waals surface area (Å²) in [7, 11) is 0. The third-order valence-electron chi connectivity index (χ3n) is 2.53. The predicted molar refractivity (Wildman–Crippen MR) is 53.4 cm³/mol. The Morgan fingerprint density at radius 1 is 1.29 bits per heavy atom. The molecule has 6 heteroatoms. The second-order valence-corrected chi connectivity index (χ2v) is 3.43. The van der Waals surface area contributed by atoms with Crippen LogP contribution in [0.3, 0.4) is 0 Å². The summed E-state index contributed by atoms with van der Waals surface area (Å²) in [6.07, 6.45) is 1.21. The first-order chi connectivity index (χ1) is 6.06. The molecule has 1 heterocycles. The molecule has 0 radical (unpaired) electrons. The number of nitrogens with one attached hydrogen (secondary N) is 2. The first-order valence-electron chi connectivity index (χ1n) is 4.23. The van der Waals surface area contributed by atoms with Gasteiger partial charge in [0, 0.05) is 0 Å². The molecule has 74 valence electrons. The van der Waals surface area contributed by atoms with Crippen molar-refractivity contribution in [1.29, 1.82) is 0 Å². The van der Waals surface area contributed by atoms with Crippen molar-refractivity contribution in [2.24, 2.45) is 5.41 Å². The molecule has 1 aliphatic heterocycles. The van der Waals surface area contributed by atoms with E-state index in [0.29, 0.717) is 17.8 Å². The molecule has 0 saturated carbocycles. The van der Waals surface area contributed by atoms with Gasteiger partial charge >= 0.3 is 35.6 Å². The molecule has 0 aromatic rings. The van der Waals surface area contributed by atoms with Gasteiger partial charge in [0.1, 0.15) is 0 Å². The molecule has 14 heavy (non-hydrogen) atoms. The molecule has 0 atom stereocenters. The van der Waals surface area contributed by atoms with Crippen LogP contribution in [-0.2, 0) is 4.79 Å². The van der Waals surface area contributed by atoms with Gasteiger partial charge in [-0.2, -0.15) is 0 Å². The van der Waals surface area contributed by atoms with E-state index in [-0.39, 0.29) is 36.9 Å². The third-order valence-corrected chi connectivity index (χ3v) is 3.02. The Bertz CT molecular complexity index is 260. The molecular weight excluding hydrogens is 211 g/mol. The molecule has 4 nitrogen and oxygen atoms in total. The fraction of sp³-hybridized carbons (Fsp3) is 0.625. The van der Waals surface area contributed by atoms with Gasteiger partial charge in [-0.25, -0.2) is 4.79 Å². The van der Waals surface area contributed by atoms with Crippen molar-refractivity contribution in [3.8, 4) is 0 Å². The van der Waals surface area contributed by atoms with E-state index < -0.39 is 11.4 Å². The summed E-state index contributed by atoms with van der Waals surface area (Å²) in [5, 5.41) is 4.69. The fourth-order valence-corrected chi connectivity index (χ4v) is 1.95. The van der Waals surface area contributed by atoms with Crippen LogP contribution in [0.25, 0.3) is 0 Å². The topological polar surface area (TPSA) is 58.2 Å². The fourth-order valence-electron chi connectivity index (χ4n) is 1.47. The zero-order chi connectivity index (χ0) is 10.1. The number of hydrogen-bond donors (Lipinski definition) is 2. The minimum absolute atomic E-state index is 0. The minimum Gasteiger partial charge on any atom is -1.00 e. The largest absolute Gasteiger partial charge is 1.00 e. The van der Waals surface area contributed by atoms with Crippen LogP contribution in [-0.4, -0.2) is 16.9 Å². The Balaban J connectivity index is 0. The molecule has 0 aliphatic carbocycles. The Labute approximate surface area is 112 Å². The Morgan fingerprint density at radius 3 is 2.14 bits per heavy atom. The van der Waals surface area contributed by atoms with Crippen LogP contribution in [0, 0.1) is 5.41 Å². The molecule has 1 fully saturated rings. The molecule has 2 N–H and O–H groups in total. The maximum absolute atomic E-state index is 11.5. The van der Waals surface area contributed by atoms with Gasteiger partial charge in [0.05, 0.1) is 10.4 Å². The zero-order valence-electron chi connectivity index (χ0n) is 9.64. The van der Waals surface area contributed by atoms with Gasteiger partial charge in [-0.1, -0.05) is 26.1 Å². The molecule has 0 bridgehead atoms. The van der Waals surface area contributed by atoms with Gasteiger partial charge in [0.25, 0.3) is 0 Å². The predicted octanol–water partition coefficient (Wildman–Crippen LogP) is -1.92. The average Bonchev–Trinajstić information content (AvgIpc) is 2.05. The van der Waals surface area contributed by atoms with Gasteiger partial charge < -0.3 is 6.74 Å². The van der Waals surface area contributed by atoms with Crippen molar-refractivity contribution in [3.05, 3.63) is 0 Å². The molecule has 1 rings (SSSR count). The molecule has 0 spiro atoms. The molecule has 0 aromatic heterocycles. The van der Waals surface area contributed by atoms with Crippen LogP contribution in [0.1, 0.15) is 28.1 Å². The summed E-state index contributed by atoms with van der Waals surface area (Å²) >= 11 is 5.00. The summed E-state index contributed by atoms with van der Waals surface area (Å²) in [6.45, 7) is 3.76. The van der Waals surface area contributed by atoms with E-state index in [1.165, 1.54) is 0 Å². The SMILES string of the molecule is CCC1(CC)C(=O)NC(=O)NC1=S.[H-].[Na+]. The van der Waals surface area contributed by atoms with E-state index in [1.807, 2.05) is 13.8 Å². The third kappa shape index (κ3) is 2.16. The standard InChI is InChI=1S/C8H12N2O2S.Na.H/c1-3-8(4-2)5(11)9-7(12)10-6(8)13;;/h3-4H2,1-2H3,(H2,9,10,11,12,13);;/q;+1;-1. The van der Waals surface area contributed by atoms with Gasteiger partial charge in [0.2, 0.25) is 5.91 Å². The van der Waals surface area contributed by atoms with E-state index in [9.17, 15) is 9.59 Å². The summed E-state index contributed by atoms with van der Waals surface area (Å²) < 4.78 is 0. The number of rotatable bonds is 2. The van der Waals surface area contributed by atoms with E-state index in [4.69, 9.17) is 12.2 Å². The van der Waals surface area contributed by atoms with Gasteiger partial charge in [0.15, 0.2) is 0 Å². The molecule has 1 saturated heterocycles. The number of carbonyl (C=O) groups is 2. The number of amides is 3. The number of carbonyl (C=O) groups excluding carboxylic acids is 2. The Kier molecular flexibility index (Phi) is 5.22. The quantitative estimate of drug-likeness (QED) is 0.424. The molecular formula is C8H13N2NaO2S. The van der Waals surface area contributed by atoms with Crippen molar-refractivity contribution in [2.75, 3.05) is 0 Å². The van der Waals surface area contributed by atoms with E-state index in [1.54, 1.807) is 0 Å². The maximum Gasteiger partial charge on any atom is 1.00 e. The summed E-state index contributed by atoms with van der Waals surface area (Å²) in [4.78, 5) is 22.8. The van der Waals surface area contributed by atoms with E-state index in [2.05, 4.69) is 10.6 Å². The van der Waals surface area contributed by atoms with Gasteiger partial charge in [-0.3, -0.25) is 10.1 Å². The second-order valence-electron chi connectivity index (χ2n) is 3.03. The summed E-state index contributed by atoms with van der Waals surface area (Å²) in [5.74, 6) is -0.286. The molecule has 3 amide bonds. The summed E-state index contributed by atoms with van der Waals surface area (Å²) in [5.41, 5.74) is -0.691. The first kappa shape index (κ1) is 14.0. The van der Waals surface area contributed by atoms with Gasteiger partial charge in [-0.15, -0.1) is 0 Å². The van der Waals surface area contributed by atoms with Crippen molar-refractivity contribution in [1.82, 2.24) is 10.6 Å². The minimum atomic E-state index is -0.691. The molecule has 0 aromatic carbocycles. The van der Waals surface area contributed by atoms with Crippen LogP contribution < -0.4 is 40.2 Å². The van der Waals surface area contributed by atoms with Crippen LogP contribution in [0.15, 0.2) is 0 Å². The van der Waals surface area contributed by atoms with Crippen LogP contribution in [0.4, 0.5) is 4.79 Å². The van der Waals surface area contributed by atoms with E-state index >= 15 is 0 Å². The van der Waals surface area contributed by atoms with Crippen molar-refractivity contribution in [3.63, 3.8) is 0 Å². The van der Waals surface area contributed by atoms with Crippen molar-refractivity contribution < 1.29 is 40.6 Å². The number of urea groups is 1. The second kappa shape index (κ2) is 5.21. The first-order valence-corrected chi connectivity index (χ1v) is 4.64. The van der Waals surface area contributed by atoms with Crippen LogP contribution in [0.2, 0.25) is 0 Å². The van der Waals surface area contributed by atoms with Crippen LogP contribution in [0.5, 0.6) is 0 Å². The summed E-state index contributed by atoms with van der Waals surface area (Å²) in [6, 6.07) is -0.521. The monoisotopic (exact) mass is 224 g/mol. The molecule has 0 unspecified atom stereocenters. The normalized spacial score (nSPS) is 19.4. The molecule has 1 aliphatic rings. The average molecular weight is 224 g/mol. The van der Waals surface area contributed by atoms with E-state index in [0.717, 1.165) is 0 Å². The van der Waals surface area contributed by atoms with Crippen molar-refractivity contribution in [2.45, 2.75) is 26.7 Å². The smallest absolute Gasteiger partial charge is 1.00 e. The zero-order valence-corrected chi connectivity index (χ0v) is 11.5. The Morgan fingerprint density at radius 2 is 1.79 bits per heavy atom. The number of imide groups is 1.